The van der Waals surface area contributed by atoms with Gasteiger partial charge in [0.15, 0.2) is 11.5 Å². The highest BCUT2D eigenvalue weighted by atomic mass is 19.3. The number of methoxy groups -OCH3 is 1. The van der Waals surface area contributed by atoms with Gasteiger partial charge in [0, 0.05) is 23.9 Å². The van der Waals surface area contributed by atoms with Crippen molar-refractivity contribution in [2.45, 2.75) is 32.8 Å². The summed E-state index contributed by atoms with van der Waals surface area (Å²) in [7, 11) is 1.30. The molecule has 0 saturated heterocycles. The van der Waals surface area contributed by atoms with Gasteiger partial charge < -0.3 is 14.8 Å². The normalized spacial score (nSPS) is 11.4. The molecule has 0 aliphatic rings. The fraction of sp³-hybridized carbons (Fsp3) is 0.300. The number of benzene rings is 1. The van der Waals surface area contributed by atoms with Crippen LogP contribution in [0.3, 0.4) is 0 Å². The fourth-order valence-electron chi connectivity index (χ4n) is 2.64. The molecular weight excluding hydrogens is 396 g/mol. The third-order valence-electron chi connectivity index (χ3n) is 4.11. The summed E-state index contributed by atoms with van der Waals surface area (Å²) in [6, 6.07) is 7.63. The molecule has 1 N–H and O–H groups in total. The summed E-state index contributed by atoms with van der Waals surface area (Å²) in [6.45, 7) is 2.78. The molecule has 2 aromatic heterocycles. The first-order valence-corrected chi connectivity index (χ1v) is 9.02. The fourth-order valence-corrected chi connectivity index (χ4v) is 2.64. The van der Waals surface area contributed by atoms with E-state index in [-0.39, 0.29) is 34.2 Å². The van der Waals surface area contributed by atoms with Crippen LogP contribution in [0.4, 0.5) is 14.6 Å². The molecular formula is C20H21F2N5O3. The van der Waals surface area contributed by atoms with Crippen molar-refractivity contribution in [2.75, 3.05) is 12.4 Å². The molecule has 2 heterocycles. The summed E-state index contributed by atoms with van der Waals surface area (Å²) >= 11 is 0. The van der Waals surface area contributed by atoms with E-state index < -0.39 is 12.5 Å². The van der Waals surface area contributed by atoms with Gasteiger partial charge in [0.05, 0.1) is 18.4 Å². The minimum absolute atomic E-state index is 0.0123. The molecule has 0 aliphatic heterocycles. The Labute approximate surface area is 171 Å². The van der Waals surface area contributed by atoms with E-state index in [1.807, 2.05) is 20.8 Å². The molecule has 3 rings (SSSR count). The largest absolute Gasteiger partial charge is 0.493 e. The Morgan fingerprint density at radius 3 is 2.47 bits per heavy atom. The predicted molar refractivity (Wildman–Crippen MR) is 105 cm³/mol. The van der Waals surface area contributed by atoms with Crippen molar-refractivity contribution in [3.05, 3.63) is 54.0 Å². The number of nitrogens with one attached hydrogen (secondary N) is 1. The van der Waals surface area contributed by atoms with Crippen molar-refractivity contribution in [1.29, 1.82) is 0 Å². The second-order valence-corrected chi connectivity index (χ2v) is 7.29. The average molecular weight is 417 g/mol. The van der Waals surface area contributed by atoms with Gasteiger partial charge in [0.2, 0.25) is 0 Å². The van der Waals surface area contributed by atoms with E-state index in [1.54, 1.807) is 24.5 Å². The van der Waals surface area contributed by atoms with Gasteiger partial charge in [-0.1, -0.05) is 26.8 Å². The SMILES string of the molecule is COc1cccc(C(=O)Nc2cc(C(C)(C)C)nn2-c2ncccn2)c1OC(F)F. The minimum Gasteiger partial charge on any atom is -0.493 e. The number of carbonyl (C=O) groups is 1. The molecule has 0 bridgehead atoms. The molecule has 10 heteroatoms. The number of anilines is 1. The molecule has 0 radical (unpaired) electrons. The number of hydrogen-bond acceptors (Lipinski definition) is 6. The van der Waals surface area contributed by atoms with Crippen molar-refractivity contribution < 1.29 is 23.0 Å². The Balaban J connectivity index is 2.03. The Morgan fingerprint density at radius 2 is 1.87 bits per heavy atom. The third-order valence-corrected chi connectivity index (χ3v) is 4.11. The zero-order valence-corrected chi connectivity index (χ0v) is 16.9. The van der Waals surface area contributed by atoms with Crippen LogP contribution >= 0.6 is 0 Å². The zero-order chi connectivity index (χ0) is 21.9. The number of nitrogens with zero attached hydrogens (tertiary/aromatic N) is 4. The number of rotatable bonds is 6. The average Bonchev–Trinajstić information content (AvgIpc) is 3.12. The molecule has 8 nitrogen and oxygen atoms in total. The molecule has 30 heavy (non-hydrogen) atoms. The van der Waals surface area contributed by atoms with Crippen LogP contribution in [0.15, 0.2) is 42.7 Å². The highest BCUT2D eigenvalue weighted by Crippen LogP contribution is 2.33. The van der Waals surface area contributed by atoms with Crippen molar-refractivity contribution in [2.24, 2.45) is 0 Å². The number of carbonyl (C=O) groups excluding carboxylic acids is 1. The van der Waals surface area contributed by atoms with Crippen LogP contribution in [-0.2, 0) is 5.41 Å². The van der Waals surface area contributed by atoms with Gasteiger partial charge in [-0.25, -0.2) is 9.97 Å². The number of amides is 1. The van der Waals surface area contributed by atoms with Crippen LogP contribution in [0.2, 0.25) is 0 Å². The summed E-state index contributed by atoms with van der Waals surface area (Å²) in [6.07, 6.45) is 3.09. The minimum atomic E-state index is -3.12. The molecule has 0 aliphatic carbocycles. The van der Waals surface area contributed by atoms with E-state index in [2.05, 4.69) is 25.1 Å². The number of alkyl halides is 2. The van der Waals surface area contributed by atoms with Crippen LogP contribution < -0.4 is 14.8 Å². The van der Waals surface area contributed by atoms with Gasteiger partial charge in [-0.2, -0.15) is 18.6 Å². The lowest BCUT2D eigenvalue weighted by Crippen LogP contribution is -2.18. The van der Waals surface area contributed by atoms with Crippen LogP contribution in [-0.4, -0.2) is 39.4 Å². The van der Waals surface area contributed by atoms with Crippen molar-refractivity contribution in [3.8, 4) is 17.4 Å². The number of halogens is 2. The van der Waals surface area contributed by atoms with Crippen molar-refractivity contribution in [1.82, 2.24) is 19.7 Å². The van der Waals surface area contributed by atoms with Crippen molar-refractivity contribution >= 4 is 11.7 Å². The van der Waals surface area contributed by atoms with E-state index in [1.165, 1.54) is 30.0 Å². The molecule has 0 saturated carbocycles. The Bertz CT molecular complexity index is 1030. The molecule has 1 amide bonds. The maximum atomic E-state index is 13.0. The summed E-state index contributed by atoms with van der Waals surface area (Å²) in [4.78, 5) is 21.3. The molecule has 0 spiro atoms. The smallest absolute Gasteiger partial charge is 0.387 e. The van der Waals surface area contributed by atoms with E-state index in [4.69, 9.17) is 4.74 Å². The maximum absolute atomic E-state index is 13.0. The van der Waals surface area contributed by atoms with Gasteiger partial charge in [-0.15, -0.1) is 0 Å². The van der Waals surface area contributed by atoms with E-state index in [9.17, 15) is 13.6 Å². The third kappa shape index (κ3) is 4.53. The first-order chi connectivity index (χ1) is 14.2. The first kappa shape index (κ1) is 21.2. The second kappa shape index (κ2) is 8.44. The summed E-state index contributed by atoms with van der Waals surface area (Å²) in [5, 5.41) is 7.19. The highest BCUT2D eigenvalue weighted by molar-refractivity contribution is 6.06. The van der Waals surface area contributed by atoms with E-state index in [0.29, 0.717) is 5.69 Å². The molecule has 0 fully saturated rings. The first-order valence-electron chi connectivity index (χ1n) is 9.02. The van der Waals surface area contributed by atoms with Crippen molar-refractivity contribution in [3.63, 3.8) is 0 Å². The quantitative estimate of drug-likeness (QED) is 0.656. The number of aromatic nitrogens is 4. The monoisotopic (exact) mass is 417 g/mol. The standard InChI is InChI=1S/C20H21F2N5O3/c1-20(2,3)14-11-15(27(26-14)19-23-9-6-10-24-19)25-17(28)12-7-5-8-13(29-4)16(12)30-18(21)22/h5-11,18H,1-4H3,(H,25,28). The molecule has 0 unspecified atom stereocenters. The van der Waals surface area contributed by atoms with Crippen LogP contribution in [0.1, 0.15) is 36.8 Å². The van der Waals surface area contributed by atoms with Gasteiger partial charge in [-0.3, -0.25) is 4.79 Å². The highest BCUT2D eigenvalue weighted by Gasteiger charge is 2.25. The molecule has 3 aromatic rings. The molecule has 1 aromatic carbocycles. The van der Waals surface area contributed by atoms with Gasteiger partial charge in [-0.05, 0) is 18.2 Å². The Kier molecular flexibility index (Phi) is 5.95. The summed E-state index contributed by atoms with van der Waals surface area (Å²) < 4.78 is 36.7. The lowest BCUT2D eigenvalue weighted by atomic mass is 9.92. The summed E-state index contributed by atoms with van der Waals surface area (Å²) in [5.74, 6) is -0.495. The topological polar surface area (TPSA) is 91.2 Å². The Hall–Kier alpha value is -3.56. The van der Waals surface area contributed by atoms with E-state index in [0.717, 1.165) is 0 Å². The lowest BCUT2D eigenvalue weighted by molar-refractivity contribution is -0.0515. The number of para-hydroxylation sites is 1. The number of ether oxygens (including phenoxy) is 2. The summed E-state index contributed by atoms with van der Waals surface area (Å²) in [5.41, 5.74) is 0.244. The predicted octanol–water partition coefficient (Wildman–Crippen LogP) is 3.82. The number of hydrogen-bond donors (Lipinski definition) is 1. The maximum Gasteiger partial charge on any atom is 0.387 e. The van der Waals surface area contributed by atoms with E-state index >= 15 is 0 Å². The van der Waals surface area contributed by atoms with Gasteiger partial charge >= 0.3 is 6.61 Å². The Morgan fingerprint density at radius 1 is 1.17 bits per heavy atom. The molecule has 0 atom stereocenters. The van der Waals surface area contributed by atoms with Gasteiger partial charge in [0.1, 0.15) is 5.82 Å². The zero-order valence-electron chi connectivity index (χ0n) is 16.9. The molecule has 158 valence electrons. The van der Waals surface area contributed by atoms with Crippen LogP contribution in [0, 0.1) is 0 Å². The van der Waals surface area contributed by atoms with Crippen LogP contribution in [0.5, 0.6) is 11.5 Å². The van der Waals surface area contributed by atoms with Gasteiger partial charge in [0.25, 0.3) is 11.9 Å². The second-order valence-electron chi connectivity index (χ2n) is 7.29. The lowest BCUT2D eigenvalue weighted by Gasteiger charge is -2.14. The van der Waals surface area contributed by atoms with Crippen LogP contribution in [0.25, 0.3) is 5.95 Å².